The van der Waals surface area contributed by atoms with Crippen LogP contribution in [0.15, 0.2) is 29.6 Å². The maximum atomic E-state index is 12.3. The zero-order chi connectivity index (χ0) is 14.5. The highest BCUT2D eigenvalue weighted by Gasteiger charge is 2.11. The smallest absolute Gasteiger partial charge is 0.253 e. The first kappa shape index (κ1) is 14.6. The average Bonchev–Trinajstić information content (AvgIpc) is 2.82. The minimum absolute atomic E-state index is 0.0336. The predicted molar refractivity (Wildman–Crippen MR) is 85.6 cm³/mol. The van der Waals surface area contributed by atoms with Crippen LogP contribution in [0.1, 0.15) is 33.3 Å². The largest absolute Gasteiger partial charge is 0.385 e. The van der Waals surface area contributed by atoms with Crippen LogP contribution in [0, 0.1) is 13.8 Å². The van der Waals surface area contributed by atoms with Crippen LogP contribution in [0.4, 0.5) is 5.69 Å². The molecule has 0 bridgehead atoms. The summed E-state index contributed by atoms with van der Waals surface area (Å²) in [6.07, 6.45) is 0. The van der Waals surface area contributed by atoms with E-state index in [0.717, 1.165) is 17.8 Å². The van der Waals surface area contributed by atoms with Gasteiger partial charge in [0.2, 0.25) is 0 Å². The van der Waals surface area contributed by atoms with Crippen molar-refractivity contribution in [3.8, 4) is 0 Å². The van der Waals surface area contributed by atoms with E-state index in [0.29, 0.717) is 12.1 Å². The highest BCUT2D eigenvalue weighted by Crippen LogP contribution is 2.19. The Morgan fingerprint density at radius 2 is 2.05 bits per heavy atom. The molecule has 3 nitrogen and oxygen atoms in total. The second-order valence-corrected chi connectivity index (χ2v) is 5.79. The molecule has 0 saturated carbocycles. The topological polar surface area (TPSA) is 41.1 Å². The van der Waals surface area contributed by atoms with Crippen LogP contribution < -0.4 is 10.6 Å². The minimum atomic E-state index is -0.0336. The molecule has 0 atom stereocenters. The lowest BCUT2D eigenvalue weighted by molar-refractivity contribution is 0.0952. The third-order valence-corrected chi connectivity index (χ3v) is 4.19. The molecule has 1 amide bonds. The molecule has 0 radical (unpaired) electrons. The van der Waals surface area contributed by atoms with Gasteiger partial charge in [0.25, 0.3) is 5.91 Å². The van der Waals surface area contributed by atoms with Gasteiger partial charge >= 0.3 is 0 Å². The molecule has 0 aliphatic rings. The summed E-state index contributed by atoms with van der Waals surface area (Å²) in [6, 6.07) is 7.92. The quantitative estimate of drug-likeness (QED) is 0.880. The third-order valence-electron chi connectivity index (χ3n) is 3.16. The molecule has 20 heavy (non-hydrogen) atoms. The zero-order valence-corrected chi connectivity index (χ0v) is 12.9. The Balaban J connectivity index is 2.11. The third kappa shape index (κ3) is 3.39. The Bertz CT molecular complexity index is 604. The second-order valence-electron chi connectivity index (χ2n) is 4.79. The fourth-order valence-corrected chi connectivity index (χ4v) is 2.88. The summed E-state index contributed by atoms with van der Waals surface area (Å²) in [5.41, 5.74) is 3.97. The lowest BCUT2D eigenvalue weighted by atomic mass is 10.1. The molecular weight excluding hydrogens is 268 g/mol. The molecule has 0 unspecified atom stereocenters. The number of carbonyl (C=O) groups is 1. The fraction of sp³-hybridized carbons (Fsp3) is 0.312. The standard InChI is InChI=1S/C16H20N2OS/c1-4-17-14-9-11(2)5-6-13(14)16(19)18-10-15-12(3)7-8-20-15/h5-9,17H,4,10H2,1-3H3,(H,18,19). The van der Waals surface area contributed by atoms with Crippen molar-refractivity contribution < 1.29 is 4.79 Å². The molecule has 1 aromatic carbocycles. The number of anilines is 1. The van der Waals surface area contributed by atoms with Gasteiger partial charge in [0.1, 0.15) is 0 Å². The van der Waals surface area contributed by atoms with Gasteiger partial charge in [0.05, 0.1) is 12.1 Å². The Kier molecular flexibility index (Phi) is 4.79. The molecule has 4 heteroatoms. The highest BCUT2D eigenvalue weighted by molar-refractivity contribution is 7.10. The molecule has 0 saturated heterocycles. The number of rotatable bonds is 5. The molecule has 2 N–H and O–H groups in total. The summed E-state index contributed by atoms with van der Waals surface area (Å²) in [4.78, 5) is 13.5. The number of amides is 1. The van der Waals surface area contributed by atoms with E-state index in [9.17, 15) is 4.79 Å². The van der Waals surface area contributed by atoms with Crippen molar-refractivity contribution in [1.82, 2.24) is 5.32 Å². The SMILES string of the molecule is CCNc1cc(C)ccc1C(=O)NCc1sccc1C. The van der Waals surface area contributed by atoms with Crippen LogP contribution in [0.2, 0.25) is 0 Å². The summed E-state index contributed by atoms with van der Waals surface area (Å²) in [6.45, 7) is 7.50. The van der Waals surface area contributed by atoms with Crippen LogP contribution in [0.5, 0.6) is 0 Å². The van der Waals surface area contributed by atoms with Crippen molar-refractivity contribution in [2.24, 2.45) is 0 Å². The molecule has 106 valence electrons. The highest BCUT2D eigenvalue weighted by atomic mass is 32.1. The maximum Gasteiger partial charge on any atom is 0.253 e. The van der Waals surface area contributed by atoms with E-state index >= 15 is 0 Å². The number of nitrogens with one attached hydrogen (secondary N) is 2. The van der Waals surface area contributed by atoms with E-state index in [2.05, 4.69) is 23.6 Å². The lowest BCUT2D eigenvalue weighted by Crippen LogP contribution is -2.24. The monoisotopic (exact) mass is 288 g/mol. The molecular formula is C16H20N2OS. The molecule has 0 fully saturated rings. The Labute approximate surface area is 124 Å². The Morgan fingerprint density at radius 3 is 2.70 bits per heavy atom. The van der Waals surface area contributed by atoms with Crippen LogP contribution in [0.25, 0.3) is 0 Å². The predicted octanol–water partition coefficient (Wildman–Crippen LogP) is 3.73. The summed E-state index contributed by atoms with van der Waals surface area (Å²) < 4.78 is 0. The maximum absolute atomic E-state index is 12.3. The lowest BCUT2D eigenvalue weighted by Gasteiger charge is -2.12. The number of thiophene rings is 1. The van der Waals surface area contributed by atoms with Gasteiger partial charge in [-0.25, -0.2) is 0 Å². The molecule has 2 aromatic rings. The molecule has 1 heterocycles. The Hall–Kier alpha value is -1.81. The zero-order valence-electron chi connectivity index (χ0n) is 12.1. The van der Waals surface area contributed by atoms with Gasteiger partial charge in [0.15, 0.2) is 0 Å². The van der Waals surface area contributed by atoms with Gasteiger partial charge in [-0.3, -0.25) is 4.79 Å². The van der Waals surface area contributed by atoms with E-state index in [1.54, 1.807) is 11.3 Å². The summed E-state index contributed by atoms with van der Waals surface area (Å²) in [5, 5.41) is 8.28. The average molecular weight is 288 g/mol. The normalized spacial score (nSPS) is 10.3. The van der Waals surface area contributed by atoms with Gasteiger partial charge in [-0.05, 0) is 55.5 Å². The van der Waals surface area contributed by atoms with Gasteiger partial charge < -0.3 is 10.6 Å². The van der Waals surface area contributed by atoms with E-state index in [1.807, 2.05) is 37.4 Å². The van der Waals surface area contributed by atoms with Crippen molar-refractivity contribution >= 4 is 22.9 Å². The van der Waals surface area contributed by atoms with Gasteiger partial charge in [-0.15, -0.1) is 11.3 Å². The number of carbonyl (C=O) groups excluding carboxylic acids is 1. The fourth-order valence-electron chi connectivity index (χ4n) is 2.03. The van der Waals surface area contributed by atoms with Crippen molar-refractivity contribution in [1.29, 1.82) is 0 Å². The van der Waals surface area contributed by atoms with Crippen molar-refractivity contribution in [3.05, 3.63) is 51.2 Å². The van der Waals surface area contributed by atoms with Crippen molar-refractivity contribution in [2.45, 2.75) is 27.3 Å². The molecule has 0 spiro atoms. The number of aryl methyl sites for hydroxylation is 2. The molecule has 0 aliphatic carbocycles. The first-order valence-electron chi connectivity index (χ1n) is 6.77. The molecule has 2 rings (SSSR count). The van der Waals surface area contributed by atoms with Gasteiger partial charge in [-0.1, -0.05) is 6.07 Å². The van der Waals surface area contributed by atoms with E-state index in [4.69, 9.17) is 0 Å². The number of hydrogen-bond donors (Lipinski definition) is 2. The second kappa shape index (κ2) is 6.57. The summed E-state index contributed by atoms with van der Waals surface area (Å²) in [7, 11) is 0. The van der Waals surface area contributed by atoms with Gasteiger partial charge in [-0.2, -0.15) is 0 Å². The first-order chi connectivity index (χ1) is 9.61. The molecule has 1 aromatic heterocycles. The van der Waals surface area contributed by atoms with Crippen LogP contribution in [-0.4, -0.2) is 12.5 Å². The van der Waals surface area contributed by atoms with Gasteiger partial charge in [0, 0.05) is 17.1 Å². The molecule has 0 aliphatic heterocycles. The van der Waals surface area contributed by atoms with Crippen LogP contribution in [0.3, 0.4) is 0 Å². The van der Waals surface area contributed by atoms with Crippen molar-refractivity contribution in [2.75, 3.05) is 11.9 Å². The first-order valence-corrected chi connectivity index (χ1v) is 7.65. The summed E-state index contributed by atoms with van der Waals surface area (Å²) >= 11 is 1.67. The minimum Gasteiger partial charge on any atom is -0.385 e. The van der Waals surface area contributed by atoms with Crippen molar-refractivity contribution in [3.63, 3.8) is 0 Å². The van der Waals surface area contributed by atoms with Crippen LogP contribution >= 0.6 is 11.3 Å². The Morgan fingerprint density at radius 1 is 1.25 bits per heavy atom. The number of hydrogen-bond acceptors (Lipinski definition) is 3. The van der Waals surface area contributed by atoms with E-state index in [1.165, 1.54) is 10.4 Å². The number of benzene rings is 1. The van der Waals surface area contributed by atoms with E-state index in [-0.39, 0.29) is 5.91 Å². The summed E-state index contributed by atoms with van der Waals surface area (Å²) in [5.74, 6) is -0.0336. The van der Waals surface area contributed by atoms with E-state index < -0.39 is 0 Å². The van der Waals surface area contributed by atoms with Crippen LogP contribution in [-0.2, 0) is 6.54 Å².